The van der Waals surface area contributed by atoms with Crippen molar-refractivity contribution in [2.45, 2.75) is 13.0 Å². The van der Waals surface area contributed by atoms with Gasteiger partial charge in [0.2, 0.25) is 0 Å². The fourth-order valence-corrected chi connectivity index (χ4v) is 2.42. The summed E-state index contributed by atoms with van der Waals surface area (Å²) < 4.78 is 33.5. The largest absolute Gasteiger partial charge is 0.459 e. The summed E-state index contributed by atoms with van der Waals surface area (Å²) in [5.74, 6) is 4.50. The Morgan fingerprint density at radius 3 is 2.48 bits per heavy atom. The smallest absolute Gasteiger partial charge is 0.134 e. The molecule has 2 aromatic carbocycles. The maximum atomic E-state index is 13.9. The van der Waals surface area contributed by atoms with E-state index in [-0.39, 0.29) is 5.56 Å². The summed E-state index contributed by atoms with van der Waals surface area (Å²) in [5.41, 5.74) is 3.98. The van der Waals surface area contributed by atoms with Gasteiger partial charge in [0.15, 0.2) is 0 Å². The molecule has 21 heavy (non-hydrogen) atoms. The Hall–Kier alpha value is -2.24. The van der Waals surface area contributed by atoms with Crippen molar-refractivity contribution in [1.82, 2.24) is 5.43 Å². The molecule has 0 spiro atoms. The highest BCUT2D eigenvalue weighted by atomic mass is 19.1. The highest BCUT2D eigenvalue weighted by molar-refractivity contribution is 5.79. The molecule has 1 heterocycles. The molecule has 3 rings (SSSR count). The van der Waals surface area contributed by atoms with E-state index in [1.807, 2.05) is 25.1 Å². The molecule has 0 bridgehead atoms. The molecule has 0 saturated carbocycles. The van der Waals surface area contributed by atoms with Gasteiger partial charge in [-0.25, -0.2) is 14.2 Å². The Labute approximate surface area is 120 Å². The zero-order valence-corrected chi connectivity index (χ0v) is 11.4. The number of hydrogen-bond acceptors (Lipinski definition) is 3. The minimum Gasteiger partial charge on any atom is -0.459 e. The maximum Gasteiger partial charge on any atom is 0.134 e. The zero-order valence-electron chi connectivity index (χ0n) is 11.4. The van der Waals surface area contributed by atoms with Gasteiger partial charge in [-0.05, 0) is 37.3 Å². The lowest BCUT2D eigenvalue weighted by Crippen LogP contribution is -2.30. The molecular formula is C16H14F2N2O. The van der Waals surface area contributed by atoms with Crippen LogP contribution >= 0.6 is 0 Å². The number of hydrazine groups is 1. The molecule has 1 atom stereocenters. The molecule has 0 saturated heterocycles. The summed E-state index contributed by atoms with van der Waals surface area (Å²) >= 11 is 0. The molecular weight excluding hydrogens is 274 g/mol. The topological polar surface area (TPSA) is 51.2 Å². The van der Waals surface area contributed by atoms with Crippen molar-refractivity contribution < 1.29 is 13.2 Å². The van der Waals surface area contributed by atoms with E-state index in [9.17, 15) is 8.78 Å². The van der Waals surface area contributed by atoms with E-state index in [0.717, 1.165) is 10.9 Å². The molecule has 3 aromatic rings. The molecule has 0 aliphatic rings. The average molecular weight is 288 g/mol. The fourth-order valence-electron chi connectivity index (χ4n) is 2.42. The number of nitrogens with two attached hydrogens (primary N) is 1. The fraction of sp³-hybridized carbons (Fsp3) is 0.125. The SMILES string of the molecule is Cc1ccc2oc(C(NN)c3c(F)cccc3F)cc2c1. The van der Waals surface area contributed by atoms with Crippen LogP contribution in [0.4, 0.5) is 8.78 Å². The second-order valence-electron chi connectivity index (χ2n) is 4.93. The first kappa shape index (κ1) is 13.7. The molecule has 0 amide bonds. The molecule has 0 fully saturated rings. The van der Waals surface area contributed by atoms with Crippen molar-refractivity contribution in [2.75, 3.05) is 0 Å². The summed E-state index contributed by atoms with van der Waals surface area (Å²) in [6.45, 7) is 1.96. The van der Waals surface area contributed by atoms with Crippen LogP contribution in [0.3, 0.4) is 0 Å². The zero-order chi connectivity index (χ0) is 15.0. The molecule has 1 aromatic heterocycles. The van der Waals surface area contributed by atoms with E-state index in [0.29, 0.717) is 11.3 Å². The van der Waals surface area contributed by atoms with Gasteiger partial charge < -0.3 is 4.42 Å². The third-order valence-corrected chi connectivity index (χ3v) is 3.43. The van der Waals surface area contributed by atoms with Gasteiger partial charge in [0.25, 0.3) is 0 Å². The number of halogens is 2. The lowest BCUT2D eigenvalue weighted by atomic mass is 10.0. The van der Waals surface area contributed by atoms with Crippen LogP contribution in [0.1, 0.15) is 22.9 Å². The lowest BCUT2D eigenvalue weighted by molar-refractivity contribution is 0.444. The first-order valence-electron chi connectivity index (χ1n) is 6.50. The molecule has 1 unspecified atom stereocenters. The van der Waals surface area contributed by atoms with Gasteiger partial charge in [-0.3, -0.25) is 5.84 Å². The summed E-state index contributed by atoms with van der Waals surface area (Å²) in [7, 11) is 0. The van der Waals surface area contributed by atoms with E-state index in [4.69, 9.17) is 10.3 Å². The first-order chi connectivity index (χ1) is 10.1. The number of rotatable bonds is 3. The van der Waals surface area contributed by atoms with Crippen molar-refractivity contribution in [3.63, 3.8) is 0 Å². The highest BCUT2D eigenvalue weighted by Gasteiger charge is 2.24. The Balaban J connectivity index is 2.14. The van der Waals surface area contributed by atoms with Crippen LogP contribution < -0.4 is 11.3 Å². The summed E-state index contributed by atoms with van der Waals surface area (Å²) in [4.78, 5) is 0. The molecule has 0 aliphatic heterocycles. The molecule has 108 valence electrons. The van der Waals surface area contributed by atoms with Crippen LogP contribution in [0.5, 0.6) is 0 Å². The van der Waals surface area contributed by atoms with Gasteiger partial charge in [-0.2, -0.15) is 0 Å². The van der Waals surface area contributed by atoms with Crippen LogP contribution in [0.2, 0.25) is 0 Å². The molecule has 0 radical (unpaired) electrons. The third kappa shape index (κ3) is 2.41. The van der Waals surface area contributed by atoms with Gasteiger partial charge in [0, 0.05) is 10.9 Å². The van der Waals surface area contributed by atoms with E-state index in [1.54, 1.807) is 6.07 Å². The van der Waals surface area contributed by atoms with E-state index >= 15 is 0 Å². The number of fused-ring (bicyclic) bond motifs is 1. The Morgan fingerprint density at radius 1 is 1.10 bits per heavy atom. The van der Waals surface area contributed by atoms with Gasteiger partial charge in [-0.15, -0.1) is 0 Å². The van der Waals surface area contributed by atoms with Crippen molar-refractivity contribution in [3.8, 4) is 0 Å². The van der Waals surface area contributed by atoms with Crippen molar-refractivity contribution in [3.05, 3.63) is 71.0 Å². The van der Waals surface area contributed by atoms with Gasteiger partial charge in [-0.1, -0.05) is 17.7 Å². The number of hydrogen-bond donors (Lipinski definition) is 2. The highest BCUT2D eigenvalue weighted by Crippen LogP contribution is 2.31. The second-order valence-corrected chi connectivity index (χ2v) is 4.93. The second kappa shape index (κ2) is 5.27. The number of aryl methyl sites for hydroxylation is 1. The van der Waals surface area contributed by atoms with Crippen LogP contribution in [0, 0.1) is 18.6 Å². The minimum atomic E-state index is -0.890. The van der Waals surface area contributed by atoms with Crippen LogP contribution in [-0.4, -0.2) is 0 Å². The van der Waals surface area contributed by atoms with Crippen molar-refractivity contribution in [1.29, 1.82) is 0 Å². The van der Waals surface area contributed by atoms with Gasteiger partial charge in [0.1, 0.15) is 29.0 Å². The lowest BCUT2D eigenvalue weighted by Gasteiger charge is -2.15. The van der Waals surface area contributed by atoms with E-state index in [2.05, 4.69) is 5.43 Å². The molecule has 3 N–H and O–H groups in total. The number of benzene rings is 2. The standard InChI is InChI=1S/C16H14F2N2O/c1-9-5-6-13-10(7-9)8-14(21-13)16(20-19)15-11(17)3-2-4-12(15)18/h2-8,16,20H,19H2,1H3. The van der Waals surface area contributed by atoms with Gasteiger partial charge in [0.05, 0.1) is 0 Å². The van der Waals surface area contributed by atoms with Crippen molar-refractivity contribution >= 4 is 11.0 Å². The third-order valence-electron chi connectivity index (χ3n) is 3.43. The van der Waals surface area contributed by atoms with Crippen LogP contribution in [0.15, 0.2) is 46.9 Å². The molecule has 0 aliphatic carbocycles. The van der Waals surface area contributed by atoms with Crippen molar-refractivity contribution in [2.24, 2.45) is 5.84 Å². The van der Waals surface area contributed by atoms with E-state index < -0.39 is 17.7 Å². The first-order valence-corrected chi connectivity index (χ1v) is 6.50. The number of furan rings is 1. The Bertz CT molecular complexity index is 778. The molecule has 3 nitrogen and oxygen atoms in total. The normalized spacial score (nSPS) is 12.8. The monoisotopic (exact) mass is 288 g/mol. The Kier molecular flexibility index (Phi) is 3.45. The summed E-state index contributed by atoms with van der Waals surface area (Å²) in [6, 6.07) is 10.2. The van der Waals surface area contributed by atoms with Crippen LogP contribution in [0.25, 0.3) is 11.0 Å². The van der Waals surface area contributed by atoms with Crippen LogP contribution in [-0.2, 0) is 0 Å². The van der Waals surface area contributed by atoms with Gasteiger partial charge >= 0.3 is 0 Å². The summed E-state index contributed by atoms with van der Waals surface area (Å²) in [6.07, 6.45) is 0. The predicted molar refractivity (Wildman–Crippen MR) is 76.5 cm³/mol. The molecule has 5 heteroatoms. The maximum absolute atomic E-state index is 13.9. The predicted octanol–water partition coefficient (Wildman–Crippen LogP) is 3.57. The Morgan fingerprint density at radius 2 is 1.81 bits per heavy atom. The average Bonchev–Trinajstić information content (AvgIpc) is 2.85. The quantitative estimate of drug-likeness (QED) is 0.572. The number of nitrogens with one attached hydrogen (secondary N) is 1. The minimum absolute atomic E-state index is 0.157. The van der Waals surface area contributed by atoms with E-state index in [1.165, 1.54) is 18.2 Å². The summed E-state index contributed by atoms with van der Waals surface area (Å²) in [5, 5.41) is 0.863.